The van der Waals surface area contributed by atoms with Crippen LogP contribution in [-0.4, -0.2) is 23.0 Å². The Hall–Kier alpha value is -2.93. The van der Waals surface area contributed by atoms with Crippen molar-refractivity contribution in [3.63, 3.8) is 0 Å². The maximum atomic E-state index is 12.4. The number of amides is 2. The van der Waals surface area contributed by atoms with Gasteiger partial charge in [-0.05, 0) is 43.8 Å². The fourth-order valence-electron chi connectivity index (χ4n) is 2.16. The Balaban J connectivity index is 1.86. The van der Waals surface area contributed by atoms with Crippen molar-refractivity contribution in [2.24, 2.45) is 0 Å². The van der Waals surface area contributed by atoms with E-state index in [1.165, 1.54) is 0 Å². The van der Waals surface area contributed by atoms with E-state index in [4.69, 9.17) is 17.0 Å². The number of carbonyl (C=O) groups is 2. The fraction of sp³-hybridized carbons (Fsp3) is 0.211. The minimum atomic E-state index is -0.420. The third-order valence-corrected chi connectivity index (χ3v) is 3.45. The molecular weight excluding hydrogens is 350 g/mol. The van der Waals surface area contributed by atoms with Crippen LogP contribution in [0.25, 0.3) is 0 Å². The van der Waals surface area contributed by atoms with Crippen LogP contribution in [0.3, 0.4) is 0 Å². The van der Waals surface area contributed by atoms with Crippen LogP contribution in [-0.2, 0) is 11.2 Å². The molecule has 0 radical (unpaired) electrons. The van der Waals surface area contributed by atoms with Crippen LogP contribution in [0.4, 0.5) is 0 Å². The van der Waals surface area contributed by atoms with E-state index in [1.807, 2.05) is 44.2 Å². The molecule has 3 N–H and O–H groups in total. The first kappa shape index (κ1) is 19.4. The third kappa shape index (κ3) is 6.18. The second kappa shape index (κ2) is 9.53. The van der Waals surface area contributed by atoms with Crippen molar-refractivity contribution in [3.05, 3.63) is 65.7 Å². The molecule has 2 aromatic carbocycles. The number of hydrazine groups is 1. The van der Waals surface area contributed by atoms with Crippen molar-refractivity contribution in [1.82, 2.24) is 16.2 Å². The number of ether oxygens (including phenoxy) is 1. The zero-order valence-corrected chi connectivity index (χ0v) is 15.4. The maximum absolute atomic E-state index is 12.4. The summed E-state index contributed by atoms with van der Waals surface area (Å²) >= 11 is 5.05. The number of nitrogens with one attached hydrogen (secondary N) is 3. The van der Waals surface area contributed by atoms with Crippen LogP contribution in [0.15, 0.2) is 54.6 Å². The Morgan fingerprint density at radius 2 is 1.65 bits per heavy atom. The number of benzene rings is 2. The van der Waals surface area contributed by atoms with Crippen LogP contribution < -0.4 is 20.9 Å². The minimum Gasteiger partial charge on any atom is -0.490 e. The highest BCUT2D eigenvalue weighted by Crippen LogP contribution is 2.19. The Bertz CT molecular complexity index is 779. The van der Waals surface area contributed by atoms with Crippen molar-refractivity contribution in [1.29, 1.82) is 0 Å². The number of hydrogen-bond donors (Lipinski definition) is 3. The second-order valence-corrected chi connectivity index (χ2v) is 6.19. The van der Waals surface area contributed by atoms with Crippen LogP contribution in [0, 0.1) is 0 Å². The average Bonchev–Trinajstić information content (AvgIpc) is 2.61. The molecule has 0 aliphatic rings. The van der Waals surface area contributed by atoms with Gasteiger partial charge in [-0.2, -0.15) is 0 Å². The molecule has 6 nitrogen and oxygen atoms in total. The van der Waals surface area contributed by atoms with Gasteiger partial charge in [0.25, 0.3) is 5.91 Å². The summed E-state index contributed by atoms with van der Waals surface area (Å²) in [5.74, 6) is -0.219. The van der Waals surface area contributed by atoms with E-state index in [0.717, 1.165) is 5.56 Å². The summed E-state index contributed by atoms with van der Waals surface area (Å²) in [5.41, 5.74) is 6.22. The highest BCUT2D eigenvalue weighted by atomic mass is 32.1. The molecule has 136 valence electrons. The standard InChI is InChI=1S/C19H21N3O3S/c1-13(2)25-16-11-7-6-10-15(16)18(24)20-19(26)22-21-17(23)12-14-8-4-3-5-9-14/h3-11,13H,12H2,1-2H3,(H,21,23)(H2,20,22,24,26). The molecule has 2 amide bonds. The summed E-state index contributed by atoms with van der Waals surface area (Å²) in [7, 11) is 0. The van der Waals surface area contributed by atoms with Gasteiger partial charge in [-0.15, -0.1) is 0 Å². The van der Waals surface area contributed by atoms with Gasteiger partial charge in [-0.1, -0.05) is 42.5 Å². The predicted molar refractivity (Wildman–Crippen MR) is 104 cm³/mol. The lowest BCUT2D eigenvalue weighted by Gasteiger charge is -2.15. The largest absolute Gasteiger partial charge is 0.490 e. The smallest absolute Gasteiger partial charge is 0.261 e. The van der Waals surface area contributed by atoms with E-state index in [2.05, 4.69) is 16.2 Å². The van der Waals surface area contributed by atoms with Gasteiger partial charge in [0.1, 0.15) is 5.75 Å². The zero-order chi connectivity index (χ0) is 18.9. The highest BCUT2D eigenvalue weighted by Gasteiger charge is 2.14. The molecule has 0 unspecified atom stereocenters. The maximum Gasteiger partial charge on any atom is 0.261 e. The Morgan fingerprint density at radius 3 is 2.35 bits per heavy atom. The summed E-state index contributed by atoms with van der Waals surface area (Å²) in [5, 5.41) is 2.51. The van der Waals surface area contributed by atoms with E-state index >= 15 is 0 Å². The van der Waals surface area contributed by atoms with Crippen LogP contribution >= 0.6 is 12.2 Å². The van der Waals surface area contributed by atoms with Crippen molar-refractivity contribution < 1.29 is 14.3 Å². The lowest BCUT2D eigenvalue weighted by molar-refractivity contribution is -0.121. The zero-order valence-electron chi connectivity index (χ0n) is 14.6. The van der Waals surface area contributed by atoms with Crippen molar-refractivity contribution in [3.8, 4) is 5.75 Å². The summed E-state index contributed by atoms with van der Waals surface area (Å²) in [6.07, 6.45) is 0.140. The van der Waals surface area contributed by atoms with Gasteiger partial charge in [0.05, 0.1) is 18.1 Å². The number of para-hydroxylation sites is 1. The van der Waals surface area contributed by atoms with E-state index < -0.39 is 5.91 Å². The molecule has 0 bridgehead atoms. The summed E-state index contributed by atoms with van der Waals surface area (Å²) in [6.45, 7) is 3.76. The quantitative estimate of drug-likeness (QED) is 0.555. The van der Waals surface area contributed by atoms with E-state index in [9.17, 15) is 9.59 Å². The first-order chi connectivity index (χ1) is 12.5. The van der Waals surface area contributed by atoms with Crippen molar-refractivity contribution >= 4 is 29.1 Å². The summed E-state index contributed by atoms with van der Waals surface area (Å²) in [4.78, 5) is 24.2. The second-order valence-electron chi connectivity index (χ2n) is 5.78. The lowest BCUT2D eigenvalue weighted by Crippen LogP contribution is -2.48. The molecule has 7 heteroatoms. The fourth-order valence-corrected chi connectivity index (χ4v) is 2.31. The predicted octanol–water partition coefficient (Wildman–Crippen LogP) is 2.35. The van der Waals surface area contributed by atoms with E-state index in [1.54, 1.807) is 24.3 Å². The van der Waals surface area contributed by atoms with Gasteiger partial charge in [-0.25, -0.2) is 0 Å². The van der Waals surface area contributed by atoms with Gasteiger partial charge >= 0.3 is 0 Å². The van der Waals surface area contributed by atoms with E-state index in [-0.39, 0.29) is 23.5 Å². The van der Waals surface area contributed by atoms with Gasteiger partial charge in [-0.3, -0.25) is 25.8 Å². The van der Waals surface area contributed by atoms with E-state index in [0.29, 0.717) is 11.3 Å². The van der Waals surface area contributed by atoms with Crippen LogP contribution in [0.1, 0.15) is 29.8 Å². The molecule has 0 fully saturated rings. The number of rotatable bonds is 5. The molecule has 0 spiro atoms. The molecule has 0 aliphatic carbocycles. The molecule has 2 rings (SSSR count). The number of carbonyl (C=O) groups excluding carboxylic acids is 2. The van der Waals surface area contributed by atoms with Crippen molar-refractivity contribution in [2.75, 3.05) is 0 Å². The molecule has 0 aromatic heterocycles. The first-order valence-corrected chi connectivity index (χ1v) is 8.56. The summed E-state index contributed by atoms with van der Waals surface area (Å²) in [6, 6.07) is 16.2. The Labute approximate surface area is 157 Å². The molecular formula is C19H21N3O3S. The molecule has 26 heavy (non-hydrogen) atoms. The molecule has 2 aromatic rings. The van der Waals surface area contributed by atoms with Gasteiger partial charge < -0.3 is 4.74 Å². The molecule has 0 saturated carbocycles. The van der Waals surface area contributed by atoms with Crippen LogP contribution in [0.2, 0.25) is 0 Å². The molecule has 0 heterocycles. The molecule has 0 atom stereocenters. The highest BCUT2D eigenvalue weighted by molar-refractivity contribution is 7.80. The molecule has 0 aliphatic heterocycles. The van der Waals surface area contributed by atoms with Gasteiger partial charge in [0.2, 0.25) is 5.91 Å². The number of thiocarbonyl (C=S) groups is 1. The normalized spacial score (nSPS) is 10.1. The van der Waals surface area contributed by atoms with Gasteiger partial charge in [0, 0.05) is 0 Å². The Kier molecular flexibility index (Phi) is 7.11. The first-order valence-electron chi connectivity index (χ1n) is 8.15. The summed E-state index contributed by atoms with van der Waals surface area (Å²) < 4.78 is 5.62. The van der Waals surface area contributed by atoms with Crippen molar-refractivity contribution in [2.45, 2.75) is 26.4 Å². The SMILES string of the molecule is CC(C)Oc1ccccc1C(=O)NC(=S)NNC(=O)Cc1ccccc1. The number of hydrogen-bond acceptors (Lipinski definition) is 4. The monoisotopic (exact) mass is 371 g/mol. The van der Waals surface area contributed by atoms with Gasteiger partial charge in [0.15, 0.2) is 5.11 Å². The topological polar surface area (TPSA) is 79.5 Å². The molecule has 0 saturated heterocycles. The van der Waals surface area contributed by atoms with Crippen LogP contribution in [0.5, 0.6) is 5.75 Å². The minimum absolute atomic E-state index is 0.00392. The third-order valence-electron chi connectivity index (χ3n) is 3.24. The lowest BCUT2D eigenvalue weighted by atomic mass is 10.1. The average molecular weight is 371 g/mol. The Morgan fingerprint density at radius 1 is 1.00 bits per heavy atom.